The fourth-order valence-corrected chi connectivity index (χ4v) is 3.59. The highest BCUT2D eigenvalue weighted by Gasteiger charge is 2.27. The van der Waals surface area contributed by atoms with E-state index in [0.717, 1.165) is 12.8 Å². The summed E-state index contributed by atoms with van der Waals surface area (Å²) in [6.45, 7) is 3.43. The van der Waals surface area contributed by atoms with E-state index in [2.05, 4.69) is 6.07 Å². The Labute approximate surface area is 125 Å². The van der Waals surface area contributed by atoms with Gasteiger partial charge in [0.05, 0.1) is 5.25 Å². The van der Waals surface area contributed by atoms with Gasteiger partial charge in [-0.1, -0.05) is 6.07 Å². The SMILES string of the molecule is CC(C(C)S(C)(=O)=O)N(C)C(=O)CCCc1cccs1. The van der Waals surface area contributed by atoms with Gasteiger partial charge in [0.1, 0.15) is 0 Å². The maximum Gasteiger partial charge on any atom is 0.222 e. The van der Waals surface area contributed by atoms with E-state index in [9.17, 15) is 13.2 Å². The first-order valence-corrected chi connectivity index (χ1v) is 9.53. The number of hydrogen-bond acceptors (Lipinski definition) is 4. The Balaban J connectivity index is 2.46. The van der Waals surface area contributed by atoms with Crippen LogP contribution in [0.1, 0.15) is 31.6 Å². The zero-order valence-electron chi connectivity index (χ0n) is 12.5. The molecule has 0 aromatic carbocycles. The second kappa shape index (κ2) is 7.22. The van der Waals surface area contributed by atoms with Crippen LogP contribution < -0.4 is 0 Å². The van der Waals surface area contributed by atoms with Crippen LogP contribution >= 0.6 is 11.3 Å². The summed E-state index contributed by atoms with van der Waals surface area (Å²) in [6, 6.07) is 3.76. The second-order valence-electron chi connectivity index (χ2n) is 5.21. The molecule has 4 nitrogen and oxygen atoms in total. The third kappa shape index (κ3) is 4.90. The third-order valence-corrected chi connectivity index (χ3v) is 6.43. The van der Waals surface area contributed by atoms with E-state index in [4.69, 9.17) is 0 Å². The van der Waals surface area contributed by atoms with Crippen LogP contribution in [0.25, 0.3) is 0 Å². The molecule has 1 rings (SSSR count). The molecule has 1 aromatic rings. The Hall–Kier alpha value is -0.880. The number of sulfone groups is 1. The van der Waals surface area contributed by atoms with Crippen molar-refractivity contribution in [2.75, 3.05) is 13.3 Å². The lowest BCUT2D eigenvalue weighted by atomic mass is 10.1. The van der Waals surface area contributed by atoms with Crippen molar-refractivity contribution in [2.24, 2.45) is 0 Å². The van der Waals surface area contributed by atoms with Crippen LogP contribution in [-0.2, 0) is 21.1 Å². The molecule has 0 radical (unpaired) electrons. The van der Waals surface area contributed by atoms with Gasteiger partial charge in [0.25, 0.3) is 0 Å². The number of thiophene rings is 1. The molecular formula is C14H23NO3S2. The molecular weight excluding hydrogens is 294 g/mol. The maximum absolute atomic E-state index is 12.1. The predicted molar refractivity (Wildman–Crippen MR) is 83.8 cm³/mol. The van der Waals surface area contributed by atoms with E-state index in [1.54, 1.807) is 37.1 Å². The molecule has 1 heterocycles. The monoisotopic (exact) mass is 317 g/mol. The quantitative estimate of drug-likeness (QED) is 0.775. The Morgan fingerprint density at radius 3 is 2.55 bits per heavy atom. The Morgan fingerprint density at radius 2 is 2.05 bits per heavy atom. The highest BCUT2D eigenvalue weighted by atomic mass is 32.2. The van der Waals surface area contributed by atoms with E-state index in [-0.39, 0.29) is 11.9 Å². The van der Waals surface area contributed by atoms with Crippen molar-refractivity contribution >= 4 is 27.1 Å². The molecule has 0 fully saturated rings. The predicted octanol–water partition coefficient (Wildman–Crippen LogP) is 2.35. The first-order valence-electron chi connectivity index (χ1n) is 6.70. The van der Waals surface area contributed by atoms with Crippen LogP contribution in [0.4, 0.5) is 0 Å². The number of nitrogens with zero attached hydrogens (tertiary/aromatic N) is 1. The van der Waals surface area contributed by atoms with Crippen molar-refractivity contribution in [1.29, 1.82) is 0 Å². The van der Waals surface area contributed by atoms with Gasteiger partial charge >= 0.3 is 0 Å². The fraction of sp³-hybridized carbons (Fsp3) is 0.643. The molecule has 1 aromatic heterocycles. The number of hydrogen-bond donors (Lipinski definition) is 0. The standard InChI is InChI=1S/C14H23NO3S2/c1-11(12(2)20(4,17)18)15(3)14(16)9-5-7-13-8-6-10-19-13/h6,8,10-12H,5,7,9H2,1-4H3. The fourth-order valence-electron chi connectivity index (χ4n) is 1.94. The van der Waals surface area contributed by atoms with Crippen molar-refractivity contribution in [3.63, 3.8) is 0 Å². The lowest BCUT2D eigenvalue weighted by Gasteiger charge is -2.29. The number of rotatable bonds is 7. The van der Waals surface area contributed by atoms with Crippen molar-refractivity contribution in [2.45, 2.75) is 44.4 Å². The van der Waals surface area contributed by atoms with Crippen LogP contribution in [0.15, 0.2) is 17.5 Å². The molecule has 1 amide bonds. The maximum atomic E-state index is 12.1. The van der Waals surface area contributed by atoms with Gasteiger partial charge in [-0.3, -0.25) is 4.79 Å². The number of amides is 1. The van der Waals surface area contributed by atoms with Crippen molar-refractivity contribution in [1.82, 2.24) is 4.90 Å². The van der Waals surface area contributed by atoms with Crippen LogP contribution in [-0.4, -0.2) is 43.8 Å². The lowest BCUT2D eigenvalue weighted by molar-refractivity contribution is -0.131. The smallest absolute Gasteiger partial charge is 0.222 e. The third-order valence-electron chi connectivity index (χ3n) is 3.75. The second-order valence-corrected chi connectivity index (χ2v) is 8.65. The van der Waals surface area contributed by atoms with E-state index in [1.165, 1.54) is 11.1 Å². The van der Waals surface area contributed by atoms with E-state index >= 15 is 0 Å². The molecule has 0 aliphatic heterocycles. The molecule has 0 spiro atoms. The highest BCUT2D eigenvalue weighted by Crippen LogP contribution is 2.15. The number of aryl methyl sites for hydroxylation is 1. The van der Waals surface area contributed by atoms with Gasteiger partial charge in [0.15, 0.2) is 9.84 Å². The van der Waals surface area contributed by atoms with Crippen molar-refractivity contribution in [3.8, 4) is 0 Å². The molecule has 0 saturated heterocycles. The summed E-state index contributed by atoms with van der Waals surface area (Å²) in [5.74, 6) is 0.00422. The first-order chi connectivity index (χ1) is 9.23. The minimum Gasteiger partial charge on any atom is -0.342 e. The van der Waals surface area contributed by atoms with Gasteiger partial charge in [-0.15, -0.1) is 11.3 Å². The molecule has 6 heteroatoms. The van der Waals surface area contributed by atoms with Gasteiger partial charge in [-0.05, 0) is 38.1 Å². The summed E-state index contributed by atoms with van der Waals surface area (Å²) in [5.41, 5.74) is 0. The largest absolute Gasteiger partial charge is 0.342 e. The molecule has 20 heavy (non-hydrogen) atoms. The van der Waals surface area contributed by atoms with Gasteiger partial charge in [0.2, 0.25) is 5.91 Å². The lowest BCUT2D eigenvalue weighted by Crippen LogP contribution is -2.44. The molecule has 0 aliphatic carbocycles. The summed E-state index contributed by atoms with van der Waals surface area (Å²) < 4.78 is 23.1. The first kappa shape index (κ1) is 17.2. The van der Waals surface area contributed by atoms with Gasteiger partial charge in [-0.25, -0.2) is 8.42 Å². The molecule has 0 bridgehead atoms. The van der Waals surface area contributed by atoms with Crippen LogP contribution in [0.5, 0.6) is 0 Å². The van der Waals surface area contributed by atoms with Crippen molar-refractivity contribution in [3.05, 3.63) is 22.4 Å². The summed E-state index contributed by atoms with van der Waals surface area (Å²) in [7, 11) is -1.45. The molecule has 0 aliphatic rings. The summed E-state index contributed by atoms with van der Waals surface area (Å²) in [6.07, 6.45) is 3.36. The zero-order valence-corrected chi connectivity index (χ0v) is 14.1. The highest BCUT2D eigenvalue weighted by molar-refractivity contribution is 7.91. The molecule has 2 atom stereocenters. The van der Waals surface area contributed by atoms with Crippen molar-refractivity contribution < 1.29 is 13.2 Å². The summed E-state index contributed by atoms with van der Waals surface area (Å²) in [4.78, 5) is 14.9. The molecule has 0 N–H and O–H groups in total. The summed E-state index contributed by atoms with van der Waals surface area (Å²) >= 11 is 1.69. The van der Waals surface area contributed by atoms with E-state index in [1.807, 2.05) is 11.4 Å². The Morgan fingerprint density at radius 1 is 1.40 bits per heavy atom. The molecule has 0 saturated carbocycles. The van der Waals surface area contributed by atoms with Crippen LogP contribution in [0.3, 0.4) is 0 Å². The van der Waals surface area contributed by atoms with Crippen LogP contribution in [0, 0.1) is 0 Å². The average Bonchev–Trinajstić information content (AvgIpc) is 2.88. The van der Waals surface area contributed by atoms with Crippen LogP contribution in [0.2, 0.25) is 0 Å². The van der Waals surface area contributed by atoms with E-state index in [0.29, 0.717) is 6.42 Å². The van der Waals surface area contributed by atoms with Gasteiger partial charge < -0.3 is 4.90 Å². The number of carbonyl (C=O) groups excluding carboxylic acids is 1. The number of carbonyl (C=O) groups is 1. The average molecular weight is 317 g/mol. The molecule has 114 valence electrons. The topological polar surface area (TPSA) is 54.5 Å². The Bertz CT molecular complexity index is 523. The molecule has 2 unspecified atom stereocenters. The zero-order chi connectivity index (χ0) is 15.3. The Kier molecular flexibility index (Phi) is 6.20. The van der Waals surface area contributed by atoms with Gasteiger partial charge in [-0.2, -0.15) is 0 Å². The normalized spacial score (nSPS) is 14.8. The minimum absolute atomic E-state index is 0.00422. The minimum atomic E-state index is -3.13. The van der Waals surface area contributed by atoms with E-state index < -0.39 is 15.1 Å². The summed E-state index contributed by atoms with van der Waals surface area (Å²) in [5, 5.41) is 1.48. The van der Waals surface area contributed by atoms with Gasteiger partial charge in [0, 0.05) is 30.6 Å².